The van der Waals surface area contributed by atoms with E-state index in [2.05, 4.69) is 11.1 Å². The van der Waals surface area contributed by atoms with Crippen LogP contribution >= 0.6 is 0 Å². The summed E-state index contributed by atoms with van der Waals surface area (Å²) in [5, 5.41) is 19.6. The molecular weight excluding hydrogens is 152 g/mol. The number of amides is 2. The maximum atomic E-state index is 10.2. The Morgan fingerprint density at radius 3 is 2.55 bits per heavy atom. The Kier molecular flexibility index (Phi) is 3.49. The van der Waals surface area contributed by atoms with Gasteiger partial charge in [0.25, 0.3) is 5.91 Å². The van der Waals surface area contributed by atoms with Crippen molar-refractivity contribution in [1.82, 2.24) is 5.32 Å². The molecule has 11 heavy (non-hydrogen) atoms. The Hall–Kier alpha value is -1.14. The lowest BCUT2D eigenvalue weighted by molar-refractivity contribution is -0.183. The van der Waals surface area contributed by atoms with Gasteiger partial charge in [-0.1, -0.05) is 0 Å². The number of carbonyl (C=O) groups excluding carboxylic acids is 2. The van der Waals surface area contributed by atoms with Crippen molar-refractivity contribution >= 4 is 12.3 Å². The van der Waals surface area contributed by atoms with Gasteiger partial charge in [-0.05, 0) is 0 Å². The Morgan fingerprint density at radius 2 is 2.18 bits per heavy atom. The highest BCUT2D eigenvalue weighted by atomic mass is 16.5. The number of hydrogen-bond donors (Lipinski definition) is 4. The van der Waals surface area contributed by atoms with E-state index < -0.39 is 11.7 Å². The summed E-state index contributed by atoms with van der Waals surface area (Å²) < 4.78 is 0. The van der Waals surface area contributed by atoms with Gasteiger partial charge in [0.1, 0.15) is 0 Å². The fraction of sp³-hybridized carbons (Fsp3) is 0.600. The minimum atomic E-state index is -2.53. The molecule has 0 saturated carbocycles. The highest BCUT2D eigenvalue weighted by molar-refractivity contribution is 5.81. The van der Waals surface area contributed by atoms with E-state index >= 15 is 0 Å². The van der Waals surface area contributed by atoms with E-state index in [0.29, 0.717) is 6.41 Å². The second-order valence-corrected chi connectivity index (χ2v) is 2.00. The van der Waals surface area contributed by atoms with Gasteiger partial charge in [0, 0.05) is 13.0 Å². The summed E-state index contributed by atoms with van der Waals surface area (Å²) in [7, 11) is 0. The van der Waals surface area contributed by atoms with Crippen LogP contribution in [-0.4, -0.2) is 34.9 Å². The van der Waals surface area contributed by atoms with Crippen LogP contribution in [0.25, 0.3) is 0 Å². The molecule has 5 N–H and O–H groups in total. The first-order valence-electron chi connectivity index (χ1n) is 2.92. The Labute approximate surface area is 63.0 Å². The standard InChI is InChI=1S/C5H10N2O4/c6-4(9)5(10,11)1-2-7-3-8/h3,10-11H,1-2H2,(H2,6,9)(H,7,8). The molecule has 0 aromatic carbocycles. The third kappa shape index (κ3) is 3.54. The van der Waals surface area contributed by atoms with E-state index in [-0.39, 0.29) is 13.0 Å². The van der Waals surface area contributed by atoms with Crippen LogP contribution < -0.4 is 11.1 Å². The van der Waals surface area contributed by atoms with Crippen LogP contribution in [-0.2, 0) is 9.59 Å². The summed E-state index contributed by atoms with van der Waals surface area (Å²) in [5.74, 6) is -3.76. The number of carbonyl (C=O) groups is 2. The van der Waals surface area contributed by atoms with Crippen LogP contribution in [0.4, 0.5) is 0 Å². The summed E-state index contributed by atoms with van der Waals surface area (Å²) in [6, 6.07) is 0. The molecule has 0 radical (unpaired) electrons. The van der Waals surface area contributed by atoms with Gasteiger partial charge in [-0.3, -0.25) is 9.59 Å². The Bertz CT molecular complexity index is 157. The Balaban J connectivity index is 3.72. The number of primary amides is 1. The first kappa shape index (κ1) is 9.86. The minimum absolute atomic E-state index is 0.0144. The lowest BCUT2D eigenvalue weighted by atomic mass is 10.2. The van der Waals surface area contributed by atoms with Crippen molar-refractivity contribution < 1.29 is 19.8 Å². The summed E-state index contributed by atoms with van der Waals surface area (Å²) in [4.78, 5) is 19.9. The second-order valence-electron chi connectivity index (χ2n) is 2.00. The predicted molar refractivity (Wildman–Crippen MR) is 35.0 cm³/mol. The molecule has 0 spiro atoms. The molecule has 0 aliphatic rings. The molecule has 0 aromatic heterocycles. The van der Waals surface area contributed by atoms with Crippen molar-refractivity contribution in [2.24, 2.45) is 5.73 Å². The summed E-state index contributed by atoms with van der Waals surface area (Å²) in [5.41, 5.74) is 4.60. The normalized spacial score (nSPS) is 10.7. The smallest absolute Gasteiger partial charge is 0.277 e. The zero-order valence-corrected chi connectivity index (χ0v) is 5.78. The molecule has 64 valence electrons. The number of rotatable bonds is 5. The summed E-state index contributed by atoms with van der Waals surface area (Å²) >= 11 is 0. The van der Waals surface area contributed by atoms with E-state index in [0.717, 1.165) is 0 Å². The lowest BCUT2D eigenvalue weighted by Crippen LogP contribution is -2.45. The monoisotopic (exact) mass is 162 g/mol. The van der Waals surface area contributed by atoms with E-state index in [1.807, 2.05) is 0 Å². The summed E-state index contributed by atoms with van der Waals surface area (Å²) in [6.07, 6.45) is 0.0676. The molecule has 0 atom stereocenters. The first-order chi connectivity index (χ1) is 5.00. The summed E-state index contributed by atoms with van der Waals surface area (Å²) in [6.45, 7) is -0.0144. The molecular formula is C5H10N2O4. The van der Waals surface area contributed by atoms with E-state index in [9.17, 15) is 9.59 Å². The topological polar surface area (TPSA) is 113 Å². The highest BCUT2D eigenvalue weighted by Gasteiger charge is 2.29. The van der Waals surface area contributed by atoms with Crippen molar-refractivity contribution in [3.05, 3.63) is 0 Å². The van der Waals surface area contributed by atoms with Crippen LogP contribution in [0.15, 0.2) is 0 Å². The van der Waals surface area contributed by atoms with Crippen molar-refractivity contribution in [2.75, 3.05) is 6.54 Å². The fourth-order valence-corrected chi connectivity index (χ4v) is 0.429. The molecule has 0 heterocycles. The third-order valence-electron chi connectivity index (χ3n) is 1.10. The minimum Gasteiger partial charge on any atom is -0.365 e. The molecule has 6 heteroatoms. The van der Waals surface area contributed by atoms with Crippen LogP contribution in [0.2, 0.25) is 0 Å². The third-order valence-corrected chi connectivity index (χ3v) is 1.10. The molecule has 0 saturated heterocycles. The molecule has 0 unspecified atom stereocenters. The molecule has 0 aromatic rings. The van der Waals surface area contributed by atoms with Gasteiger partial charge in [-0.15, -0.1) is 0 Å². The zero-order chi connectivity index (χ0) is 8.91. The van der Waals surface area contributed by atoms with E-state index in [4.69, 9.17) is 10.2 Å². The van der Waals surface area contributed by atoms with Crippen LogP contribution in [0.1, 0.15) is 6.42 Å². The Morgan fingerprint density at radius 1 is 1.64 bits per heavy atom. The number of aliphatic hydroxyl groups is 2. The van der Waals surface area contributed by atoms with Crippen LogP contribution in [0.3, 0.4) is 0 Å². The molecule has 0 aliphatic carbocycles. The SMILES string of the molecule is NC(=O)C(O)(O)CCNC=O. The van der Waals surface area contributed by atoms with Crippen molar-refractivity contribution in [1.29, 1.82) is 0 Å². The molecule has 0 rings (SSSR count). The van der Waals surface area contributed by atoms with Crippen molar-refractivity contribution in [3.8, 4) is 0 Å². The first-order valence-corrected chi connectivity index (χ1v) is 2.92. The van der Waals surface area contributed by atoms with Gasteiger partial charge in [0.2, 0.25) is 12.2 Å². The number of hydrogen-bond acceptors (Lipinski definition) is 4. The fourth-order valence-electron chi connectivity index (χ4n) is 0.429. The van der Waals surface area contributed by atoms with Crippen LogP contribution in [0, 0.1) is 0 Å². The molecule has 6 nitrogen and oxygen atoms in total. The number of nitrogens with one attached hydrogen (secondary N) is 1. The second kappa shape index (κ2) is 3.89. The average Bonchev–Trinajstić information content (AvgIpc) is 1.88. The largest absolute Gasteiger partial charge is 0.365 e. The molecule has 2 amide bonds. The zero-order valence-electron chi connectivity index (χ0n) is 5.78. The van der Waals surface area contributed by atoms with E-state index in [1.165, 1.54) is 0 Å². The average molecular weight is 162 g/mol. The van der Waals surface area contributed by atoms with Crippen LogP contribution in [0.5, 0.6) is 0 Å². The van der Waals surface area contributed by atoms with Gasteiger partial charge < -0.3 is 21.3 Å². The highest BCUT2D eigenvalue weighted by Crippen LogP contribution is 2.02. The predicted octanol–water partition coefficient (Wildman–Crippen LogP) is -2.71. The van der Waals surface area contributed by atoms with Crippen molar-refractivity contribution in [2.45, 2.75) is 12.2 Å². The van der Waals surface area contributed by atoms with Gasteiger partial charge >= 0.3 is 0 Å². The molecule has 0 bridgehead atoms. The molecule has 0 fully saturated rings. The maximum absolute atomic E-state index is 10.2. The molecule has 0 aliphatic heterocycles. The van der Waals surface area contributed by atoms with Gasteiger partial charge in [0.15, 0.2) is 0 Å². The number of nitrogens with two attached hydrogens (primary N) is 1. The maximum Gasteiger partial charge on any atom is 0.277 e. The van der Waals surface area contributed by atoms with Crippen molar-refractivity contribution in [3.63, 3.8) is 0 Å². The lowest BCUT2D eigenvalue weighted by Gasteiger charge is -2.16. The quantitative estimate of drug-likeness (QED) is 0.200. The van der Waals surface area contributed by atoms with Gasteiger partial charge in [0.05, 0.1) is 0 Å². The van der Waals surface area contributed by atoms with Gasteiger partial charge in [-0.2, -0.15) is 0 Å². The van der Waals surface area contributed by atoms with E-state index in [1.54, 1.807) is 0 Å². The van der Waals surface area contributed by atoms with Gasteiger partial charge in [-0.25, -0.2) is 0 Å².